The summed E-state index contributed by atoms with van der Waals surface area (Å²) in [7, 11) is 0. The number of carbonyl (C=O) groups excluding carboxylic acids is 2. The SMILES string of the molecule is CCOC(=O)C(Sc1ccccc1)C1OC(=O)C2C1C2(C)C. The molecule has 1 aliphatic carbocycles. The Bertz CT molecular complexity index is 584. The number of hydrogen-bond donors (Lipinski definition) is 0. The molecule has 4 nitrogen and oxygen atoms in total. The predicted octanol–water partition coefficient (Wildman–Crippen LogP) is 2.91. The van der Waals surface area contributed by atoms with Crippen molar-refractivity contribution in [2.24, 2.45) is 17.3 Å². The van der Waals surface area contributed by atoms with Crippen molar-refractivity contribution < 1.29 is 19.1 Å². The summed E-state index contributed by atoms with van der Waals surface area (Å²) in [6, 6.07) is 9.68. The van der Waals surface area contributed by atoms with E-state index < -0.39 is 11.4 Å². The van der Waals surface area contributed by atoms with Crippen LogP contribution in [-0.2, 0) is 19.1 Å². The van der Waals surface area contributed by atoms with E-state index in [0.717, 1.165) is 4.90 Å². The second kappa shape index (κ2) is 5.61. The fraction of sp³-hybridized carbons (Fsp3) is 0.529. The maximum atomic E-state index is 12.4. The van der Waals surface area contributed by atoms with Crippen LogP contribution in [0.2, 0.25) is 0 Å². The molecule has 1 aliphatic heterocycles. The van der Waals surface area contributed by atoms with Crippen molar-refractivity contribution in [3.8, 4) is 0 Å². The van der Waals surface area contributed by atoms with Gasteiger partial charge in [-0.25, -0.2) is 0 Å². The lowest BCUT2D eigenvalue weighted by Gasteiger charge is -2.25. The van der Waals surface area contributed by atoms with Gasteiger partial charge in [-0.3, -0.25) is 9.59 Å². The van der Waals surface area contributed by atoms with Crippen molar-refractivity contribution in [1.82, 2.24) is 0 Å². The Morgan fingerprint density at radius 2 is 2.05 bits per heavy atom. The van der Waals surface area contributed by atoms with Crippen LogP contribution in [0.25, 0.3) is 0 Å². The van der Waals surface area contributed by atoms with Crippen LogP contribution in [0.15, 0.2) is 35.2 Å². The van der Waals surface area contributed by atoms with Crippen LogP contribution in [0.4, 0.5) is 0 Å². The van der Waals surface area contributed by atoms with Crippen LogP contribution in [0, 0.1) is 17.3 Å². The van der Waals surface area contributed by atoms with Gasteiger partial charge in [-0.2, -0.15) is 0 Å². The van der Waals surface area contributed by atoms with Gasteiger partial charge in [0.25, 0.3) is 0 Å². The van der Waals surface area contributed by atoms with E-state index in [9.17, 15) is 9.59 Å². The first-order chi connectivity index (χ1) is 10.5. The molecule has 1 aromatic carbocycles. The number of thioether (sulfide) groups is 1. The highest BCUT2D eigenvalue weighted by Crippen LogP contribution is 2.66. The lowest BCUT2D eigenvalue weighted by molar-refractivity contribution is -0.152. The molecule has 2 fully saturated rings. The van der Waals surface area contributed by atoms with E-state index in [1.54, 1.807) is 6.92 Å². The van der Waals surface area contributed by atoms with E-state index in [1.807, 2.05) is 30.3 Å². The third-order valence-electron chi connectivity index (χ3n) is 4.59. The van der Waals surface area contributed by atoms with Crippen LogP contribution in [0.5, 0.6) is 0 Å². The Morgan fingerprint density at radius 3 is 2.59 bits per heavy atom. The molecule has 4 atom stereocenters. The van der Waals surface area contributed by atoms with Gasteiger partial charge in [-0.1, -0.05) is 32.0 Å². The van der Waals surface area contributed by atoms with Gasteiger partial charge >= 0.3 is 11.9 Å². The predicted molar refractivity (Wildman–Crippen MR) is 83.4 cm³/mol. The Labute approximate surface area is 134 Å². The molecule has 0 amide bonds. The minimum atomic E-state index is -0.511. The van der Waals surface area contributed by atoms with E-state index in [4.69, 9.17) is 9.47 Å². The van der Waals surface area contributed by atoms with Gasteiger partial charge in [0.15, 0.2) is 0 Å². The molecule has 0 spiro atoms. The van der Waals surface area contributed by atoms with Gasteiger partial charge in [0.05, 0.1) is 12.5 Å². The zero-order valence-corrected chi connectivity index (χ0v) is 13.8. The number of esters is 2. The second-order valence-corrected chi connectivity index (χ2v) is 7.54. The molecule has 1 saturated heterocycles. The topological polar surface area (TPSA) is 52.6 Å². The van der Waals surface area contributed by atoms with Crippen molar-refractivity contribution in [1.29, 1.82) is 0 Å². The average molecular weight is 320 g/mol. The van der Waals surface area contributed by atoms with Crippen LogP contribution in [0.3, 0.4) is 0 Å². The lowest BCUT2D eigenvalue weighted by atomic mass is 10.0. The number of fused-ring (bicyclic) bond motifs is 1. The molecule has 1 aromatic rings. The smallest absolute Gasteiger partial charge is 0.323 e. The van der Waals surface area contributed by atoms with Gasteiger partial charge in [0.2, 0.25) is 0 Å². The van der Waals surface area contributed by atoms with Crippen molar-refractivity contribution in [3.05, 3.63) is 30.3 Å². The summed E-state index contributed by atoms with van der Waals surface area (Å²) in [5, 5.41) is -0.511. The Morgan fingerprint density at radius 1 is 1.36 bits per heavy atom. The molecule has 3 rings (SSSR count). The zero-order chi connectivity index (χ0) is 15.9. The summed E-state index contributed by atoms with van der Waals surface area (Å²) in [6.45, 7) is 6.23. The van der Waals surface area contributed by atoms with E-state index >= 15 is 0 Å². The molecule has 5 heteroatoms. The Hall–Kier alpha value is -1.49. The molecule has 1 saturated carbocycles. The van der Waals surface area contributed by atoms with Crippen LogP contribution in [-0.4, -0.2) is 29.9 Å². The van der Waals surface area contributed by atoms with Crippen molar-refractivity contribution in [3.63, 3.8) is 0 Å². The molecule has 0 bridgehead atoms. The molecule has 0 aromatic heterocycles. The molecule has 1 heterocycles. The summed E-state index contributed by atoms with van der Waals surface area (Å²) < 4.78 is 10.7. The summed E-state index contributed by atoms with van der Waals surface area (Å²) in [5.41, 5.74) is -0.0814. The third kappa shape index (κ3) is 2.51. The fourth-order valence-corrected chi connectivity index (χ4v) is 4.52. The van der Waals surface area contributed by atoms with Gasteiger partial charge in [0.1, 0.15) is 11.4 Å². The van der Waals surface area contributed by atoms with Crippen LogP contribution < -0.4 is 0 Å². The van der Waals surface area contributed by atoms with Gasteiger partial charge < -0.3 is 9.47 Å². The van der Waals surface area contributed by atoms with E-state index in [-0.39, 0.29) is 29.2 Å². The number of carbonyl (C=O) groups is 2. The normalized spacial score (nSPS) is 29.4. The van der Waals surface area contributed by atoms with E-state index in [0.29, 0.717) is 6.61 Å². The van der Waals surface area contributed by atoms with Gasteiger partial charge in [-0.15, -0.1) is 11.8 Å². The standard InChI is InChI=1S/C17H20O4S/c1-4-20-16(19)14(22-10-8-6-5-7-9-10)13-11-12(15(18)21-13)17(11,2)3/h5-9,11-14H,4H2,1-3H3. The first kappa shape index (κ1) is 15.4. The highest BCUT2D eigenvalue weighted by atomic mass is 32.2. The first-order valence-corrected chi connectivity index (χ1v) is 8.43. The van der Waals surface area contributed by atoms with Crippen LogP contribution in [0.1, 0.15) is 20.8 Å². The van der Waals surface area contributed by atoms with Gasteiger partial charge in [0, 0.05) is 10.8 Å². The molecular formula is C17H20O4S. The number of hydrogen-bond acceptors (Lipinski definition) is 5. The number of rotatable bonds is 5. The van der Waals surface area contributed by atoms with E-state index in [2.05, 4.69) is 13.8 Å². The summed E-state index contributed by atoms with van der Waals surface area (Å²) >= 11 is 1.42. The summed E-state index contributed by atoms with van der Waals surface area (Å²) in [5.74, 6) is -0.461. The summed E-state index contributed by atoms with van der Waals surface area (Å²) in [4.78, 5) is 25.3. The van der Waals surface area contributed by atoms with Crippen LogP contribution >= 0.6 is 11.8 Å². The molecule has 118 valence electrons. The maximum Gasteiger partial charge on any atom is 0.323 e. The first-order valence-electron chi connectivity index (χ1n) is 7.55. The van der Waals surface area contributed by atoms with Crippen molar-refractivity contribution >= 4 is 23.7 Å². The minimum absolute atomic E-state index is 0.0780. The third-order valence-corrected chi connectivity index (χ3v) is 5.85. The molecular weight excluding hydrogens is 300 g/mol. The number of benzene rings is 1. The van der Waals surface area contributed by atoms with E-state index in [1.165, 1.54) is 11.8 Å². The highest BCUT2D eigenvalue weighted by Gasteiger charge is 2.73. The minimum Gasteiger partial charge on any atom is -0.465 e. The number of cyclic esters (lactones) is 1. The largest absolute Gasteiger partial charge is 0.465 e. The lowest BCUT2D eigenvalue weighted by Crippen LogP contribution is -2.37. The summed E-state index contributed by atoms with van der Waals surface area (Å²) in [6.07, 6.45) is -0.406. The fourth-order valence-electron chi connectivity index (χ4n) is 3.39. The highest BCUT2D eigenvalue weighted by molar-refractivity contribution is 8.00. The Balaban J connectivity index is 1.83. The Kier molecular flexibility index (Phi) is 3.93. The quantitative estimate of drug-likeness (QED) is 0.617. The molecule has 0 radical (unpaired) electrons. The van der Waals surface area contributed by atoms with Gasteiger partial charge in [-0.05, 0) is 24.5 Å². The molecule has 22 heavy (non-hydrogen) atoms. The number of ether oxygens (including phenoxy) is 2. The monoisotopic (exact) mass is 320 g/mol. The molecule has 4 unspecified atom stereocenters. The van der Waals surface area contributed by atoms with Crippen molar-refractivity contribution in [2.45, 2.75) is 37.0 Å². The van der Waals surface area contributed by atoms with Crippen molar-refractivity contribution in [2.75, 3.05) is 6.61 Å². The zero-order valence-electron chi connectivity index (χ0n) is 12.9. The molecule has 2 aliphatic rings. The maximum absolute atomic E-state index is 12.4. The molecule has 0 N–H and O–H groups in total. The second-order valence-electron chi connectivity index (χ2n) is 6.33. The average Bonchev–Trinajstić information content (AvgIpc) is 2.86.